The van der Waals surface area contributed by atoms with Gasteiger partial charge in [-0.2, -0.15) is 0 Å². The van der Waals surface area contributed by atoms with Crippen molar-refractivity contribution in [2.45, 2.75) is 81.0 Å². The molecule has 0 radical (unpaired) electrons. The molecule has 2 aliphatic rings. The van der Waals surface area contributed by atoms with Crippen LogP contribution in [0.3, 0.4) is 0 Å². The van der Waals surface area contributed by atoms with Crippen molar-refractivity contribution in [3.05, 3.63) is 114 Å². The summed E-state index contributed by atoms with van der Waals surface area (Å²) in [5.74, 6) is 0. The number of aliphatic hydroxyl groups excluding tert-OH is 1. The van der Waals surface area contributed by atoms with Crippen LogP contribution in [0, 0.1) is 0 Å². The number of rotatable bonds is 15. The van der Waals surface area contributed by atoms with Crippen LogP contribution in [0.4, 0.5) is 0 Å². The van der Waals surface area contributed by atoms with Crippen molar-refractivity contribution < 1.29 is 28.8 Å². The maximum Gasteiger partial charge on any atom is 0.167 e. The summed E-state index contributed by atoms with van der Waals surface area (Å²) in [6.07, 6.45) is -6.39. The predicted molar refractivity (Wildman–Crippen MR) is 158 cm³/mol. The second-order valence-electron chi connectivity index (χ2n) is 10.3. The van der Waals surface area contributed by atoms with E-state index in [0.717, 1.165) is 11.1 Å². The molecule has 2 fully saturated rings. The van der Waals surface area contributed by atoms with Gasteiger partial charge in [0, 0.05) is 19.6 Å². The molecule has 0 amide bonds. The van der Waals surface area contributed by atoms with Gasteiger partial charge in [-0.3, -0.25) is 0 Å². The van der Waals surface area contributed by atoms with Gasteiger partial charge >= 0.3 is 0 Å². The van der Waals surface area contributed by atoms with Crippen LogP contribution in [-0.4, -0.2) is 73.4 Å². The number of nitrogens with zero attached hydrogens (tertiary/aromatic N) is 12. The van der Waals surface area contributed by atoms with E-state index in [2.05, 4.69) is 40.1 Å². The van der Waals surface area contributed by atoms with E-state index in [1.54, 1.807) is 0 Å². The van der Waals surface area contributed by atoms with Crippen LogP contribution < -0.4 is 0 Å². The first-order valence-electron chi connectivity index (χ1n) is 14.1. The highest BCUT2D eigenvalue weighted by molar-refractivity contribution is 5.14. The minimum absolute atomic E-state index is 0.0247. The Morgan fingerprint density at radius 2 is 1.33 bits per heavy atom. The Labute approximate surface area is 257 Å². The summed E-state index contributed by atoms with van der Waals surface area (Å²) in [6, 6.07) is 15.9. The fraction of sp³-hybridized carbons (Fsp3) is 0.556. The highest BCUT2D eigenvalue weighted by Crippen LogP contribution is 2.34. The lowest BCUT2D eigenvalue weighted by Crippen LogP contribution is -2.59. The molecule has 2 aromatic rings. The van der Waals surface area contributed by atoms with Crippen LogP contribution in [0.2, 0.25) is 0 Å². The van der Waals surface area contributed by atoms with Gasteiger partial charge in [0.15, 0.2) is 6.29 Å². The van der Waals surface area contributed by atoms with Gasteiger partial charge in [-0.1, -0.05) is 81.1 Å². The lowest BCUT2D eigenvalue weighted by Gasteiger charge is -2.45. The van der Waals surface area contributed by atoms with Crippen LogP contribution in [0.5, 0.6) is 0 Å². The number of aliphatic hydroxyl groups is 1. The van der Waals surface area contributed by atoms with Crippen LogP contribution in [0.1, 0.15) is 24.0 Å². The van der Waals surface area contributed by atoms with Crippen LogP contribution >= 0.6 is 0 Å². The predicted octanol–water partition coefficient (Wildman–Crippen LogP) is 5.74. The average molecular weight is 621 g/mol. The molecule has 1 saturated heterocycles. The van der Waals surface area contributed by atoms with Gasteiger partial charge in [-0.05, 0) is 46.1 Å². The highest BCUT2D eigenvalue weighted by atomic mass is 16.7. The van der Waals surface area contributed by atoms with E-state index >= 15 is 0 Å². The molecule has 1 aliphatic carbocycles. The van der Waals surface area contributed by atoms with E-state index in [0.29, 0.717) is 0 Å². The number of benzene rings is 2. The third kappa shape index (κ3) is 9.46. The molecule has 18 nitrogen and oxygen atoms in total. The lowest BCUT2D eigenvalue weighted by atomic mass is 9.84. The molecule has 2 aromatic carbocycles. The van der Waals surface area contributed by atoms with Crippen LogP contribution in [0.15, 0.2) is 81.1 Å². The fourth-order valence-electron chi connectivity index (χ4n) is 5.28. The van der Waals surface area contributed by atoms with E-state index in [1.165, 1.54) is 0 Å². The van der Waals surface area contributed by atoms with Crippen molar-refractivity contribution in [3.63, 3.8) is 0 Å². The van der Waals surface area contributed by atoms with E-state index in [-0.39, 0.29) is 39.4 Å². The van der Waals surface area contributed by atoms with E-state index in [4.69, 9.17) is 34.7 Å². The fourth-order valence-corrected chi connectivity index (χ4v) is 5.28. The van der Waals surface area contributed by atoms with Crippen LogP contribution in [-0.2, 0) is 36.9 Å². The number of ether oxygens (including phenoxy) is 5. The van der Waals surface area contributed by atoms with Gasteiger partial charge in [-0.25, -0.2) is 0 Å². The van der Waals surface area contributed by atoms with Crippen molar-refractivity contribution in [2.24, 2.45) is 20.5 Å². The Hall–Kier alpha value is -4.56. The summed E-state index contributed by atoms with van der Waals surface area (Å²) in [7, 11) is 0. The molecule has 1 heterocycles. The van der Waals surface area contributed by atoms with Gasteiger partial charge in [-0.15, -0.1) is 0 Å². The van der Waals surface area contributed by atoms with Crippen molar-refractivity contribution in [1.82, 2.24) is 0 Å². The standard InChI is InChI=1S/C27H32N12O6/c28-36-32-13-23-22(42-15-18-9-5-2-6-10-18)12-21(35-39-31)27(44-23)45-26-20(34-38-30)11-19(33-37-29)25(24(26)40)43-16-41-14-17-7-3-1-4-8-17/h1-10,19-27,40H,11-16H2/t19-,20+,21-,22+,23-,24-,25+,26-,27-/m1/s1. The smallest absolute Gasteiger partial charge is 0.167 e. The number of hydrogen-bond acceptors (Lipinski definition) is 10. The third-order valence-electron chi connectivity index (χ3n) is 7.40. The molecule has 0 aromatic heterocycles. The molecule has 1 N–H and O–H groups in total. The molecule has 236 valence electrons. The van der Waals surface area contributed by atoms with Gasteiger partial charge in [0.25, 0.3) is 0 Å². The highest BCUT2D eigenvalue weighted by Gasteiger charge is 2.48. The van der Waals surface area contributed by atoms with Crippen molar-refractivity contribution in [3.8, 4) is 0 Å². The minimum atomic E-state index is -1.48. The van der Waals surface area contributed by atoms with Gasteiger partial charge in [0.1, 0.15) is 12.9 Å². The second-order valence-corrected chi connectivity index (χ2v) is 10.3. The first-order chi connectivity index (χ1) is 22.1. The quantitative estimate of drug-likeness (QED) is 0.0851. The Balaban J connectivity index is 1.51. The Morgan fingerprint density at radius 1 is 0.733 bits per heavy atom. The van der Waals surface area contributed by atoms with Gasteiger partial charge in [0.05, 0.1) is 62.3 Å². The van der Waals surface area contributed by atoms with Gasteiger partial charge in [0.2, 0.25) is 0 Å². The topological polar surface area (TPSA) is 261 Å². The van der Waals surface area contributed by atoms with E-state index < -0.39 is 54.9 Å². The number of hydrogen-bond donors (Lipinski definition) is 1. The lowest BCUT2D eigenvalue weighted by molar-refractivity contribution is -0.278. The summed E-state index contributed by atoms with van der Waals surface area (Å²) in [5.41, 5.74) is 38.5. The average Bonchev–Trinajstić information content (AvgIpc) is 3.06. The second kappa shape index (κ2) is 17.7. The summed E-state index contributed by atoms with van der Waals surface area (Å²) in [6.45, 7) is 0.0989. The van der Waals surface area contributed by atoms with E-state index in [1.807, 2.05) is 60.7 Å². The molecule has 18 heteroatoms. The maximum absolute atomic E-state index is 11.4. The SMILES string of the molecule is [N-]=[N+]=NC[C@H]1O[C@H](O[C@H]2[C@H](O)[C@@H](OCOCc3ccccc3)[C@H](N=[N+]=[N-])C[C@@H]2N=[N+]=[N-])[C@H](N=[N+]=[N-])C[C@@H]1OCc1ccccc1. The van der Waals surface area contributed by atoms with Crippen LogP contribution in [0.25, 0.3) is 41.8 Å². The molecule has 0 bridgehead atoms. The molecular formula is C27H32N12O6. The van der Waals surface area contributed by atoms with Crippen molar-refractivity contribution in [2.75, 3.05) is 13.3 Å². The zero-order valence-electron chi connectivity index (χ0n) is 24.1. The molecule has 4 rings (SSSR count). The molecule has 0 unspecified atom stereocenters. The molecular weight excluding hydrogens is 588 g/mol. The molecule has 0 spiro atoms. The Morgan fingerprint density at radius 3 is 1.96 bits per heavy atom. The summed E-state index contributed by atoms with van der Waals surface area (Å²) >= 11 is 0. The monoisotopic (exact) mass is 620 g/mol. The van der Waals surface area contributed by atoms with Crippen molar-refractivity contribution >= 4 is 0 Å². The van der Waals surface area contributed by atoms with Gasteiger partial charge < -0.3 is 28.8 Å². The normalized spacial score (nSPS) is 29.2. The van der Waals surface area contributed by atoms with E-state index in [9.17, 15) is 16.2 Å². The Bertz CT molecular complexity index is 1410. The first kappa shape index (κ1) is 33.3. The van der Waals surface area contributed by atoms with Crippen molar-refractivity contribution in [1.29, 1.82) is 0 Å². The number of azide groups is 4. The largest absolute Gasteiger partial charge is 0.388 e. The summed E-state index contributed by atoms with van der Waals surface area (Å²) < 4.78 is 29.8. The molecule has 9 atom stereocenters. The minimum Gasteiger partial charge on any atom is -0.388 e. The maximum atomic E-state index is 11.4. The Kier molecular flexibility index (Phi) is 13.1. The summed E-state index contributed by atoms with van der Waals surface area (Å²) in [4.78, 5) is 11.5. The third-order valence-corrected chi connectivity index (χ3v) is 7.40. The molecule has 1 saturated carbocycles. The first-order valence-corrected chi connectivity index (χ1v) is 14.1. The molecule has 45 heavy (non-hydrogen) atoms. The summed E-state index contributed by atoms with van der Waals surface area (Å²) in [5, 5.41) is 26.4. The molecule has 1 aliphatic heterocycles. The zero-order valence-corrected chi connectivity index (χ0v) is 24.1. The zero-order chi connectivity index (χ0) is 31.9.